The Morgan fingerprint density at radius 3 is 2.75 bits per heavy atom. The highest BCUT2D eigenvalue weighted by Gasteiger charge is 2.10. The number of benzene rings is 1. The molecule has 0 bridgehead atoms. The molecule has 0 aliphatic carbocycles. The average Bonchev–Trinajstić information content (AvgIpc) is 2.22. The number of aliphatic carboxylic acids is 1. The molecule has 1 aromatic carbocycles. The molecule has 1 N–H and O–H groups in total. The zero-order valence-electron chi connectivity index (χ0n) is 9.99. The van der Waals surface area contributed by atoms with Gasteiger partial charge in [0.1, 0.15) is 0 Å². The summed E-state index contributed by atoms with van der Waals surface area (Å²) in [7, 11) is 0. The number of carboxylic acids is 1. The second kappa shape index (κ2) is 5.94. The van der Waals surface area contributed by atoms with Crippen molar-refractivity contribution in [2.75, 3.05) is 5.75 Å². The lowest BCUT2D eigenvalue weighted by Gasteiger charge is -2.08. The largest absolute Gasteiger partial charge is 0.481 e. The molecule has 0 saturated carbocycles. The molecule has 2 nitrogen and oxygen atoms in total. The molecule has 3 heteroatoms. The van der Waals surface area contributed by atoms with E-state index in [0.717, 1.165) is 5.75 Å². The van der Waals surface area contributed by atoms with E-state index in [1.54, 1.807) is 18.7 Å². The summed E-state index contributed by atoms with van der Waals surface area (Å²) in [5.74, 6) is 0.581. The minimum atomic E-state index is -0.714. The lowest BCUT2D eigenvalue weighted by Crippen LogP contribution is -2.11. The molecule has 1 atom stereocenters. The van der Waals surface area contributed by atoms with Gasteiger partial charge in [0, 0.05) is 11.5 Å². The Hall–Kier alpha value is -0.960. The first-order chi connectivity index (χ1) is 7.50. The van der Waals surface area contributed by atoms with Gasteiger partial charge in [-0.1, -0.05) is 30.7 Å². The van der Waals surface area contributed by atoms with Crippen molar-refractivity contribution < 1.29 is 9.90 Å². The second-order valence-corrected chi connectivity index (χ2v) is 5.21. The van der Waals surface area contributed by atoms with Gasteiger partial charge in [-0.05, 0) is 25.0 Å². The van der Waals surface area contributed by atoms with Gasteiger partial charge in [0.15, 0.2) is 0 Å². The normalized spacial score (nSPS) is 12.4. The molecule has 0 fully saturated rings. The fourth-order valence-corrected chi connectivity index (χ4v) is 2.52. The molecule has 0 amide bonds. The number of rotatable bonds is 5. The molecule has 0 saturated heterocycles. The lowest BCUT2D eigenvalue weighted by atomic mass is 10.1. The Labute approximate surface area is 101 Å². The average molecular weight is 238 g/mol. The zero-order chi connectivity index (χ0) is 12.1. The van der Waals surface area contributed by atoms with Crippen LogP contribution in [0.15, 0.2) is 18.2 Å². The van der Waals surface area contributed by atoms with Crippen LogP contribution in [-0.4, -0.2) is 16.8 Å². The molecule has 0 spiro atoms. The van der Waals surface area contributed by atoms with Crippen LogP contribution in [-0.2, 0) is 10.5 Å². The SMILES string of the molecule is Cc1ccc(C)c(CSCC(C)C(=O)O)c1. The molecule has 1 unspecified atom stereocenters. The van der Waals surface area contributed by atoms with Gasteiger partial charge in [-0.25, -0.2) is 0 Å². The maximum absolute atomic E-state index is 10.6. The quantitative estimate of drug-likeness (QED) is 0.855. The van der Waals surface area contributed by atoms with E-state index in [4.69, 9.17) is 5.11 Å². The van der Waals surface area contributed by atoms with Crippen molar-refractivity contribution in [3.8, 4) is 0 Å². The van der Waals surface area contributed by atoms with Gasteiger partial charge in [-0.3, -0.25) is 4.79 Å². The molecule has 0 aliphatic heterocycles. The Morgan fingerprint density at radius 1 is 1.44 bits per heavy atom. The molecule has 0 aliphatic rings. The van der Waals surface area contributed by atoms with E-state index in [2.05, 4.69) is 32.0 Å². The van der Waals surface area contributed by atoms with Crippen molar-refractivity contribution >= 4 is 17.7 Å². The van der Waals surface area contributed by atoms with Crippen molar-refractivity contribution in [2.24, 2.45) is 5.92 Å². The van der Waals surface area contributed by atoms with Gasteiger partial charge < -0.3 is 5.11 Å². The van der Waals surface area contributed by atoms with E-state index in [9.17, 15) is 4.79 Å². The monoisotopic (exact) mass is 238 g/mol. The van der Waals surface area contributed by atoms with Gasteiger partial charge in [-0.15, -0.1) is 0 Å². The van der Waals surface area contributed by atoms with E-state index in [-0.39, 0.29) is 5.92 Å². The number of hydrogen-bond acceptors (Lipinski definition) is 2. The van der Waals surface area contributed by atoms with E-state index in [0.29, 0.717) is 5.75 Å². The molecule has 0 radical (unpaired) electrons. The van der Waals surface area contributed by atoms with Gasteiger partial charge in [0.2, 0.25) is 0 Å². The maximum atomic E-state index is 10.6. The van der Waals surface area contributed by atoms with Gasteiger partial charge >= 0.3 is 5.97 Å². The number of carboxylic acid groups (broad SMARTS) is 1. The third-order valence-electron chi connectivity index (χ3n) is 2.55. The van der Waals surface area contributed by atoms with Crippen LogP contribution in [0, 0.1) is 19.8 Å². The van der Waals surface area contributed by atoms with Gasteiger partial charge in [0.25, 0.3) is 0 Å². The third kappa shape index (κ3) is 3.89. The van der Waals surface area contributed by atoms with Crippen LogP contribution in [0.5, 0.6) is 0 Å². The minimum Gasteiger partial charge on any atom is -0.481 e. The highest BCUT2D eigenvalue weighted by Crippen LogP contribution is 2.19. The Bertz CT molecular complexity index is 374. The first-order valence-electron chi connectivity index (χ1n) is 5.37. The first-order valence-corrected chi connectivity index (χ1v) is 6.53. The predicted octanol–water partition coefficient (Wildman–Crippen LogP) is 3.26. The summed E-state index contributed by atoms with van der Waals surface area (Å²) in [6.45, 7) is 5.92. The fourth-order valence-electron chi connectivity index (χ4n) is 1.37. The van der Waals surface area contributed by atoms with Crippen LogP contribution in [0.4, 0.5) is 0 Å². The standard InChI is InChI=1S/C13H18O2S/c1-9-4-5-10(2)12(6-9)8-16-7-11(3)13(14)15/h4-6,11H,7-8H2,1-3H3,(H,14,15). The van der Waals surface area contributed by atoms with Crippen LogP contribution >= 0.6 is 11.8 Å². The van der Waals surface area contributed by atoms with Crippen molar-refractivity contribution in [3.05, 3.63) is 34.9 Å². The molecule has 0 aromatic heterocycles. The summed E-state index contributed by atoms with van der Waals surface area (Å²) in [5, 5.41) is 8.76. The molecule has 1 aromatic rings. The summed E-state index contributed by atoms with van der Waals surface area (Å²) in [5.41, 5.74) is 3.84. The third-order valence-corrected chi connectivity index (χ3v) is 3.80. The van der Waals surface area contributed by atoms with Crippen LogP contribution in [0.25, 0.3) is 0 Å². The lowest BCUT2D eigenvalue weighted by molar-refractivity contribution is -0.140. The second-order valence-electron chi connectivity index (χ2n) is 4.18. The molecular weight excluding hydrogens is 220 g/mol. The maximum Gasteiger partial charge on any atom is 0.307 e. The Kier molecular flexibility index (Phi) is 4.87. The highest BCUT2D eigenvalue weighted by atomic mass is 32.2. The Balaban J connectivity index is 2.48. The van der Waals surface area contributed by atoms with Crippen molar-refractivity contribution in [2.45, 2.75) is 26.5 Å². The van der Waals surface area contributed by atoms with Crippen LogP contribution in [0.3, 0.4) is 0 Å². The summed E-state index contributed by atoms with van der Waals surface area (Å²) in [6, 6.07) is 6.39. The number of thioether (sulfide) groups is 1. The van der Waals surface area contributed by atoms with E-state index < -0.39 is 5.97 Å². The Morgan fingerprint density at radius 2 is 2.12 bits per heavy atom. The minimum absolute atomic E-state index is 0.268. The molecule has 88 valence electrons. The van der Waals surface area contributed by atoms with E-state index >= 15 is 0 Å². The van der Waals surface area contributed by atoms with Crippen LogP contribution < -0.4 is 0 Å². The van der Waals surface area contributed by atoms with Crippen LogP contribution in [0.1, 0.15) is 23.6 Å². The number of hydrogen-bond donors (Lipinski definition) is 1. The summed E-state index contributed by atoms with van der Waals surface area (Å²) in [4.78, 5) is 10.6. The molecule has 16 heavy (non-hydrogen) atoms. The summed E-state index contributed by atoms with van der Waals surface area (Å²) in [6.07, 6.45) is 0. The zero-order valence-corrected chi connectivity index (χ0v) is 10.8. The van der Waals surface area contributed by atoms with Crippen LogP contribution in [0.2, 0.25) is 0 Å². The highest BCUT2D eigenvalue weighted by molar-refractivity contribution is 7.98. The number of carbonyl (C=O) groups is 1. The van der Waals surface area contributed by atoms with Crippen molar-refractivity contribution in [3.63, 3.8) is 0 Å². The topological polar surface area (TPSA) is 37.3 Å². The molecular formula is C13H18O2S. The van der Waals surface area contributed by atoms with Crippen molar-refractivity contribution in [1.29, 1.82) is 0 Å². The first kappa shape index (κ1) is 13.1. The van der Waals surface area contributed by atoms with E-state index in [1.165, 1.54) is 16.7 Å². The molecule has 1 rings (SSSR count). The summed E-state index contributed by atoms with van der Waals surface area (Å²) >= 11 is 1.68. The summed E-state index contributed by atoms with van der Waals surface area (Å²) < 4.78 is 0. The van der Waals surface area contributed by atoms with E-state index in [1.807, 2.05) is 0 Å². The predicted molar refractivity (Wildman–Crippen MR) is 68.9 cm³/mol. The van der Waals surface area contributed by atoms with Gasteiger partial charge in [-0.2, -0.15) is 11.8 Å². The van der Waals surface area contributed by atoms with Crippen molar-refractivity contribution in [1.82, 2.24) is 0 Å². The number of aryl methyl sites for hydroxylation is 2. The van der Waals surface area contributed by atoms with Gasteiger partial charge in [0.05, 0.1) is 5.92 Å². The molecule has 0 heterocycles. The smallest absolute Gasteiger partial charge is 0.307 e. The fraction of sp³-hybridized carbons (Fsp3) is 0.462.